The number of carbonyl (C=O) groups excluding carboxylic acids is 1. The van der Waals surface area contributed by atoms with Crippen LogP contribution in [-0.2, 0) is 6.42 Å². The van der Waals surface area contributed by atoms with E-state index < -0.39 is 17.5 Å². The van der Waals surface area contributed by atoms with Crippen molar-refractivity contribution < 1.29 is 18.0 Å². The largest absolute Gasteiger partial charge is 0.469 e. The number of hydrogen-bond donors (Lipinski definition) is 2. The number of nitrogens with two attached hydrogens (primary N) is 1. The highest BCUT2D eigenvalue weighted by Crippen LogP contribution is 2.17. The van der Waals surface area contributed by atoms with Crippen LogP contribution < -0.4 is 11.1 Å². The molecule has 1 aromatic heterocycles. The Morgan fingerprint density at radius 3 is 2.80 bits per heavy atom. The molecule has 0 spiro atoms. The fraction of sp³-hybridized carbons (Fsp3) is 0.214. The Labute approximate surface area is 114 Å². The number of nitrogens with one attached hydrogen (secondary N) is 1. The van der Waals surface area contributed by atoms with E-state index in [1.807, 2.05) is 0 Å². The third kappa shape index (κ3) is 3.14. The Balaban J connectivity index is 2.06. The number of halogens is 2. The highest BCUT2D eigenvalue weighted by atomic mass is 19.1. The van der Waals surface area contributed by atoms with E-state index in [0.29, 0.717) is 18.2 Å². The van der Waals surface area contributed by atoms with Crippen LogP contribution in [0, 0.1) is 11.6 Å². The number of amides is 1. The van der Waals surface area contributed by atoms with Crippen molar-refractivity contribution in [3.8, 4) is 0 Å². The Hall–Kier alpha value is -2.37. The summed E-state index contributed by atoms with van der Waals surface area (Å²) in [4.78, 5) is 11.9. The maximum Gasteiger partial charge on any atom is 0.254 e. The van der Waals surface area contributed by atoms with E-state index in [4.69, 9.17) is 10.2 Å². The zero-order valence-corrected chi connectivity index (χ0v) is 10.8. The molecule has 4 nitrogen and oxygen atoms in total. The molecule has 0 bridgehead atoms. The standard InChI is InChI=1S/C14H14F2N2O2/c1-8(5-9-3-2-4-20-9)18-14(19)10-6-13(17)12(16)7-11(10)15/h2-4,6-8H,5,17H2,1H3,(H,18,19). The second kappa shape index (κ2) is 5.73. The van der Waals surface area contributed by atoms with Crippen molar-refractivity contribution in [2.24, 2.45) is 0 Å². The van der Waals surface area contributed by atoms with Gasteiger partial charge in [-0.3, -0.25) is 4.79 Å². The van der Waals surface area contributed by atoms with Crippen LogP contribution in [0.25, 0.3) is 0 Å². The van der Waals surface area contributed by atoms with Crippen LogP contribution in [0.2, 0.25) is 0 Å². The minimum Gasteiger partial charge on any atom is -0.469 e. The summed E-state index contributed by atoms with van der Waals surface area (Å²) in [5, 5.41) is 2.61. The number of nitrogen functional groups attached to an aromatic ring is 1. The SMILES string of the molecule is CC(Cc1ccco1)NC(=O)c1cc(N)c(F)cc1F. The third-order valence-corrected chi connectivity index (χ3v) is 2.80. The molecule has 1 amide bonds. The molecule has 2 rings (SSSR count). The van der Waals surface area contributed by atoms with E-state index in [1.54, 1.807) is 19.1 Å². The summed E-state index contributed by atoms with van der Waals surface area (Å²) in [7, 11) is 0. The van der Waals surface area contributed by atoms with Crippen molar-refractivity contribution >= 4 is 11.6 Å². The molecule has 6 heteroatoms. The van der Waals surface area contributed by atoms with Gasteiger partial charge in [-0.1, -0.05) is 0 Å². The van der Waals surface area contributed by atoms with Crippen molar-refractivity contribution in [1.82, 2.24) is 5.32 Å². The van der Waals surface area contributed by atoms with E-state index in [2.05, 4.69) is 5.32 Å². The van der Waals surface area contributed by atoms with Crippen molar-refractivity contribution in [2.45, 2.75) is 19.4 Å². The fourth-order valence-electron chi connectivity index (χ4n) is 1.82. The van der Waals surface area contributed by atoms with Gasteiger partial charge in [-0.2, -0.15) is 0 Å². The zero-order valence-electron chi connectivity index (χ0n) is 10.8. The number of carbonyl (C=O) groups is 1. The highest BCUT2D eigenvalue weighted by molar-refractivity contribution is 5.95. The van der Waals surface area contributed by atoms with Crippen LogP contribution in [0.5, 0.6) is 0 Å². The summed E-state index contributed by atoms with van der Waals surface area (Å²) in [6.45, 7) is 1.76. The lowest BCUT2D eigenvalue weighted by Gasteiger charge is -2.13. The van der Waals surface area contributed by atoms with Gasteiger partial charge in [-0.15, -0.1) is 0 Å². The molecule has 0 aliphatic heterocycles. The van der Waals surface area contributed by atoms with Crippen molar-refractivity contribution in [2.75, 3.05) is 5.73 Å². The normalized spacial score (nSPS) is 12.2. The van der Waals surface area contributed by atoms with Crippen LogP contribution in [0.4, 0.5) is 14.5 Å². The fourth-order valence-corrected chi connectivity index (χ4v) is 1.82. The first-order valence-electron chi connectivity index (χ1n) is 6.05. The van der Waals surface area contributed by atoms with Gasteiger partial charge < -0.3 is 15.5 Å². The number of hydrogen-bond acceptors (Lipinski definition) is 3. The molecule has 2 aromatic rings. The van der Waals surface area contributed by atoms with Gasteiger partial charge >= 0.3 is 0 Å². The monoisotopic (exact) mass is 280 g/mol. The second-order valence-corrected chi connectivity index (χ2v) is 4.51. The maximum atomic E-state index is 13.5. The molecule has 106 valence electrons. The summed E-state index contributed by atoms with van der Waals surface area (Å²) >= 11 is 0. The van der Waals surface area contributed by atoms with Crippen LogP contribution >= 0.6 is 0 Å². The highest BCUT2D eigenvalue weighted by Gasteiger charge is 2.17. The summed E-state index contributed by atoms with van der Waals surface area (Å²) in [6.07, 6.45) is 2.00. The molecule has 0 aliphatic carbocycles. The van der Waals surface area contributed by atoms with Crippen LogP contribution in [0.1, 0.15) is 23.0 Å². The van der Waals surface area contributed by atoms with E-state index in [-0.39, 0.29) is 17.3 Å². The summed E-state index contributed by atoms with van der Waals surface area (Å²) in [6, 6.07) is 4.84. The van der Waals surface area contributed by atoms with Gasteiger partial charge in [0.05, 0.1) is 17.5 Å². The lowest BCUT2D eigenvalue weighted by molar-refractivity contribution is 0.0935. The third-order valence-electron chi connectivity index (χ3n) is 2.80. The van der Waals surface area contributed by atoms with Gasteiger partial charge in [0.2, 0.25) is 0 Å². The summed E-state index contributed by atoms with van der Waals surface area (Å²) in [5.41, 5.74) is 4.78. The zero-order chi connectivity index (χ0) is 14.7. The smallest absolute Gasteiger partial charge is 0.254 e. The van der Waals surface area contributed by atoms with Gasteiger partial charge in [-0.05, 0) is 25.1 Å². The Morgan fingerprint density at radius 1 is 1.40 bits per heavy atom. The second-order valence-electron chi connectivity index (χ2n) is 4.51. The lowest BCUT2D eigenvalue weighted by Crippen LogP contribution is -2.34. The van der Waals surface area contributed by atoms with E-state index >= 15 is 0 Å². The summed E-state index contributed by atoms with van der Waals surface area (Å²) < 4.78 is 31.7. The summed E-state index contributed by atoms with van der Waals surface area (Å²) in [5.74, 6) is -1.77. The minimum absolute atomic E-state index is 0.265. The number of rotatable bonds is 4. The molecule has 1 unspecified atom stereocenters. The molecule has 0 aliphatic rings. The van der Waals surface area contributed by atoms with E-state index in [0.717, 1.165) is 6.07 Å². The Kier molecular flexibility index (Phi) is 4.02. The van der Waals surface area contributed by atoms with Crippen LogP contribution in [0.15, 0.2) is 34.9 Å². The molecule has 0 fully saturated rings. The van der Waals surface area contributed by atoms with Gasteiger partial charge in [-0.25, -0.2) is 8.78 Å². The Bertz CT molecular complexity index is 612. The van der Waals surface area contributed by atoms with Crippen LogP contribution in [0.3, 0.4) is 0 Å². The average molecular weight is 280 g/mol. The van der Waals surface area contributed by atoms with Gasteiger partial charge in [0.15, 0.2) is 0 Å². The Morgan fingerprint density at radius 2 is 2.15 bits per heavy atom. The van der Waals surface area contributed by atoms with Gasteiger partial charge in [0, 0.05) is 18.5 Å². The molecule has 0 saturated heterocycles. The molecule has 1 aromatic carbocycles. The number of furan rings is 1. The maximum absolute atomic E-state index is 13.5. The van der Waals surface area contributed by atoms with Crippen molar-refractivity contribution in [3.63, 3.8) is 0 Å². The quantitative estimate of drug-likeness (QED) is 0.845. The van der Waals surface area contributed by atoms with E-state index in [1.165, 1.54) is 6.26 Å². The molecule has 3 N–H and O–H groups in total. The molecule has 1 atom stereocenters. The van der Waals surface area contributed by atoms with Crippen LogP contribution in [-0.4, -0.2) is 11.9 Å². The van der Waals surface area contributed by atoms with E-state index in [9.17, 15) is 13.6 Å². The number of anilines is 1. The van der Waals surface area contributed by atoms with Gasteiger partial charge in [0.25, 0.3) is 5.91 Å². The van der Waals surface area contributed by atoms with Crippen molar-refractivity contribution in [1.29, 1.82) is 0 Å². The topological polar surface area (TPSA) is 68.3 Å². The molecule has 20 heavy (non-hydrogen) atoms. The predicted molar refractivity (Wildman–Crippen MR) is 70.1 cm³/mol. The molecule has 1 heterocycles. The number of benzene rings is 1. The van der Waals surface area contributed by atoms with Gasteiger partial charge in [0.1, 0.15) is 17.4 Å². The minimum atomic E-state index is -0.945. The first-order valence-corrected chi connectivity index (χ1v) is 6.05. The molecular formula is C14H14F2N2O2. The van der Waals surface area contributed by atoms with Crippen molar-refractivity contribution in [3.05, 3.63) is 53.5 Å². The first kappa shape index (κ1) is 14.0. The first-order chi connectivity index (χ1) is 9.47. The lowest BCUT2D eigenvalue weighted by atomic mass is 10.1. The molecular weight excluding hydrogens is 266 g/mol. The molecule has 0 saturated carbocycles. The predicted octanol–water partition coefficient (Wildman–Crippen LogP) is 2.50. The average Bonchev–Trinajstić information content (AvgIpc) is 2.86. The molecule has 0 radical (unpaired) electrons.